The first kappa shape index (κ1) is 32.0. The van der Waals surface area contributed by atoms with Gasteiger partial charge in [0.1, 0.15) is 30.8 Å². The number of esters is 1. The van der Waals surface area contributed by atoms with Crippen molar-refractivity contribution in [1.82, 2.24) is 15.1 Å². The fourth-order valence-electron chi connectivity index (χ4n) is 4.58. The minimum absolute atomic E-state index is 0.141. The van der Waals surface area contributed by atoms with Crippen LogP contribution in [0.2, 0.25) is 10.0 Å². The first-order valence-electron chi connectivity index (χ1n) is 13.8. The molecule has 4 rings (SSSR count). The molecule has 0 spiro atoms. The molecule has 42 heavy (non-hydrogen) atoms. The molecule has 0 aliphatic carbocycles. The Bertz CT molecular complexity index is 1240. The smallest absolute Gasteiger partial charge is 0.329 e. The third-order valence-electron chi connectivity index (χ3n) is 6.90. The molecule has 2 aliphatic rings. The van der Waals surface area contributed by atoms with Crippen molar-refractivity contribution in [3.05, 3.63) is 63.6 Å². The molecular formula is C30H37Cl2N3O7. The molecule has 12 heteroatoms. The topological polar surface area (TPSA) is 107 Å². The molecule has 1 N–H and O–H groups in total. The van der Waals surface area contributed by atoms with Gasteiger partial charge < -0.3 is 34.1 Å². The molecule has 0 bridgehead atoms. The van der Waals surface area contributed by atoms with Gasteiger partial charge in [-0.25, -0.2) is 4.79 Å². The molecule has 2 aromatic carbocycles. The zero-order valence-corrected chi connectivity index (χ0v) is 25.7. The third-order valence-corrected chi connectivity index (χ3v) is 7.61. The van der Waals surface area contributed by atoms with E-state index in [9.17, 15) is 14.4 Å². The largest absolute Gasteiger partial charge is 0.489 e. The number of nitrogens with one attached hydrogen (secondary N) is 1. The van der Waals surface area contributed by atoms with Gasteiger partial charge >= 0.3 is 5.97 Å². The van der Waals surface area contributed by atoms with Crippen LogP contribution in [-0.4, -0.2) is 91.5 Å². The molecule has 0 saturated carbocycles. The Morgan fingerprint density at radius 1 is 0.976 bits per heavy atom. The minimum atomic E-state index is -1.19. The van der Waals surface area contributed by atoms with E-state index in [0.29, 0.717) is 34.4 Å². The van der Waals surface area contributed by atoms with E-state index in [1.807, 2.05) is 7.05 Å². The summed E-state index contributed by atoms with van der Waals surface area (Å²) in [6.07, 6.45) is -2.13. The number of carbonyl (C=O) groups is 3. The summed E-state index contributed by atoms with van der Waals surface area (Å²) in [6, 6.07) is 11.3. The second-order valence-corrected chi connectivity index (χ2v) is 12.2. The number of halogens is 2. The minimum Gasteiger partial charge on any atom is -0.489 e. The van der Waals surface area contributed by atoms with Crippen molar-refractivity contribution in [3.8, 4) is 5.75 Å². The van der Waals surface area contributed by atoms with Crippen LogP contribution in [0, 0.1) is 0 Å². The monoisotopic (exact) mass is 621 g/mol. The zero-order valence-electron chi connectivity index (χ0n) is 24.2. The number of rotatable bonds is 9. The summed E-state index contributed by atoms with van der Waals surface area (Å²) in [5.41, 5.74) is 0.660. The van der Waals surface area contributed by atoms with Crippen LogP contribution in [0.25, 0.3) is 0 Å². The van der Waals surface area contributed by atoms with Crippen LogP contribution >= 0.6 is 23.2 Å². The highest BCUT2D eigenvalue weighted by Gasteiger charge is 2.44. The molecule has 10 nitrogen and oxygen atoms in total. The number of likely N-dealkylation sites (N-methyl/N-ethyl adjacent to an activating group) is 1. The van der Waals surface area contributed by atoms with Gasteiger partial charge in [0.15, 0.2) is 12.2 Å². The van der Waals surface area contributed by atoms with E-state index in [2.05, 4.69) is 10.2 Å². The lowest BCUT2D eigenvalue weighted by molar-refractivity contribution is -0.159. The Kier molecular flexibility index (Phi) is 10.7. The predicted octanol–water partition coefficient (Wildman–Crippen LogP) is 3.46. The summed E-state index contributed by atoms with van der Waals surface area (Å²) in [4.78, 5) is 43.4. The number of hydrogen-bond acceptors (Lipinski definition) is 8. The summed E-state index contributed by atoms with van der Waals surface area (Å²) in [6.45, 7) is 7.78. The van der Waals surface area contributed by atoms with E-state index in [4.69, 9.17) is 42.1 Å². The molecular weight excluding hydrogens is 585 g/mol. The van der Waals surface area contributed by atoms with Crippen LogP contribution in [0.15, 0.2) is 42.5 Å². The van der Waals surface area contributed by atoms with E-state index >= 15 is 0 Å². The van der Waals surface area contributed by atoms with Crippen LogP contribution < -0.4 is 10.1 Å². The summed E-state index contributed by atoms with van der Waals surface area (Å²) in [5, 5.41) is 3.77. The number of benzene rings is 2. The van der Waals surface area contributed by atoms with E-state index in [1.54, 1.807) is 68.1 Å². The summed E-state index contributed by atoms with van der Waals surface area (Å²) < 4.78 is 22.5. The number of nitrogens with zero attached hydrogens (tertiary/aromatic N) is 2. The lowest BCUT2D eigenvalue weighted by Crippen LogP contribution is -2.56. The Morgan fingerprint density at radius 3 is 2.21 bits per heavy atom. The normalized spacial score (nSPS) is 20.2. The molecule has 2 amide bonds. The van der Waals surface area contributed by atoms with Crippen LogP contribution in [0.1, 0.15) is 31.9 Å². The van der Waals surface area contributed by atoms with Gasteiger partial charge in [-0.05, 0) is 57.6 Å². The average molecular weight is 623 g/mol. The Balaban J connectivity index is 1.42. The highest BCUT2D eigenvalue weighted by atomic mass is 35.5. The maximum absolute atomic E-state index is 13.4. The second-order valence-electron chi connectivity index (χ2n) is 11.4. The molecule has 2 aromatic rings. The van der Waals surface area contributed by atoms with Crippen LogP contribution in [-0.2, 0) is 41.6 Å². The molecule has 2 saturated heterocycles. The summed E-state index contributed by atoms with van der Waals surface area (Å²) in [7, 11) is 1.99. The van der Waals surface area contributed by atoms with Gasteiger partial charge in [-0.15, -0.1) is 0 Å². The number of ether oxygens (including phenoxy) is 4. The number of amides is 2. The first-order valence-corrected chi connectivity index (χ1v) is 14.6. The van der Waals surface area contributed by atoms with Gasteiger partial charge in [0.25, 0.3) is 11.8 Å². The maximum Gasteiger partial charge on any atom is 0.329 e. The molecule has 0 aromatic heterocycles. The Labute approximate surface area is 256 Å². The zero-order chi connectivity index (χ0) is 30.4. The highest BCUT2D eigenvalue weighted by molar-refractivity contribution is 6.35. The van der Waals surface area contributed by atoms with Gasteiger partial charge in [0.2, 0.25) is 0 Å². The molecule has 0 radical (unpaired) electrons. The molecule has 2 fully saturated rings. The lowest BCUT2D eigenvalue weighted by atomic mass is 10.0. The maximum atomic E-state index is 13.4. The van der Waals surface area contributed by atoms with Crippen molar-refractivity contribution < 1.29 is 33.3 Å². The van der Waals surface area contributed by atoms with Crippen molar-refractivity contribution in [2.24, 2.45) is 0 Å². The van der Waals surface area contributed by atoms with E-state index in [1.165, 1.54) is 0 Å². The predicted molar refractivity (Wildman–Crippen MR) is 157 cm³/mol. The number of piperazine rings is 1. The van der Waals surface area contributed by atoms with Crippen LogP contribution in [0.4, 0.5) is 0 Å². The van der Waals surface area contributed by atoms with E-state index in [0.717, 1.165) is 18.7 Å². The van der Waals surface area contributed by atoms with Gasteiger partial charge in [-0.1, -0.05) is 41.4 Å². The molecule has 2 heterocycles. The fourth-order valence-corrected chi connectivity index (χ4v) is 5.09. The van der Waals surface area contributed by atoms with Crippen LogP contribution in [0.3, 0.4) is 0 Å². The van der Waals surface area contributed by atoms with Crippen molar-refractivity contribution in [2.75, 3.05) is 40.0 Å². The molecule has 3 atom stereocenters. The average Bonchev–Trinajstić information content (AvgIpc) is 3.43. The van der Waals surface area contributed by atoms with E-state index in [-0.39, 0.29) is 25.7 Å². The third kappa shape index (κ3) is 8.58. The van der Waals surface area contributed by atoms with Gasteiger partial charge in [-0.2, -0.15) is 0 Å². The quantitative estimate of drug-likeness (QED) is 0.424. The van der Waals surface area contributed by atoms with Crippen molar-refractivity contribution in [3.63, 3.8) is 0 Å². The van der Waals surface area contributed by atoms with Gasteiger partial charge in [0, 0.05) is 48.2 Å². The van der Waals surface area contributed by atoms with Gasteiger partial charge in [0.05, 0.1) is 0 Å². The standard InChI is InChI=1S/C30H37Cl2N3O7/c1-30(2,3)42-29(38)24(16-19-8-10-20(11-9-19)39-17-21-22(31)6-5-7-23(21)32)33-27(36)25-26(41-18-40-25)28(37)35-14-12-34(4)13-15-35/h5-11,24-26H,12-18H2,1-4H3,(H,33,36)/t24?,25-,26-/m1/s1. The van der Waals surface area contributed by atoms with Gasteiger partial charge in [-0.3, -0.25) is 9.59 Å². The second kappa shape index (κ2) is 14.1. The highest BCUT2D eigenvalue weighted by Crippen LogP contribution is 2.26. The number of hydrogen-bond donors (Lipinski definition) is 1. The molecule has 2 aliphatic heterocycles. The first-order chi connectivity index (χ1) is 19.9. The molecule has 228 valence electrons. The SMILES string of the molecule is CN1CCN(C(=O)[C@@H]2OCO[C@H]2C(=O)NC(Cc2ccc(OCc3c(Cl)cccc3Cl)cc2)C(=O)OC(C)(C)C)CC1. The van der Waals surface area contributed by atoms with E-state index < -0.39 is 35.7 Å². The Morgan fingerprint density at radius 2 is 1.60 bits per heavy atom. The van der Waals surface area contributed by atoms with Crippen LogP contribution in [0.5, 0.6) is 5.75 Å². The molecule has 1 unspecified atom stereocenters. The summed E-state index contributed by atoms with van der Waals surface area (Å²) >= 11 is 12.5. The Hall–Kier alpha value is -2.89. The lowest BCUT2D eigenvalue weighted by Gasteiger charge is -2.34. The number of carbonyl (C=O) groups excluding carboxylic acids is 3. The van der Waals surface area contributed by atoms with Crippen molar-refractivity contribution in [2.45, 2.75) is 57.6 Å². The van der Waals surface area contributed by atoms with Crippen molar-refractivity contribution >= 4 is 41.0 Å². The fraction of sp³-hybridized carbons (Fsp3) is 0.500. The summed E-state index contributed by atoms with van der Waals surface area (Å²) in [5.74, 6) is -0.949. The van der Waals surface area contributed by atoms with Crippen molar-refractivity contribution in [1.29, 1.82) is 0 Å².